The number of esters is 2. The molecule has 2 aromatic carbocycles. The molecule has 0 radical (unpaired) electrons. The molecule has 5 atom stereocenters. The lowest BCUT2D eigenvalue weighted by Crippen LogP contribution is -2.46. The molecule has 0 N–H and O–H groups in total. The first-order valence-electron chi connectivity index (χ1n) is 10.1. The smallest absolute Gasteiger partial charge is 0.338 e. The molecule has 2 fully saturated rings. The maximum Gasteiger partial charge on any atom is 0.338 e. The number of carbonyl (C=O) groups is 2. The van der Waals surface area contributed by atoms with Crippen molar-refractivity contribution in [3.63, 3.8) is 0 Å². The van der Waals surface area contributed by atoms with Crippen molar-refractivity contribution < 1.29 is 23.8 Å². The van der Waals surface area contributed by atoms with Crippen molar-refractivity contribution in [2.75, 3.05) is 0 Å². The summed E-state index contributed by atoms with van der Waals surface area (Å²) in [6.45, 7) is 0. The summed E-state index contributed by atoms with van der Waals surface area (Å²) in [4.78, 5) is 25.6. The Morgan fingerprint density at radius 2 is 1.29 bits per heavy atom. The second kappa shape index (κ2) is 10.0. The molecule has 5 nitrogen and oxygen atoms in total. The molecule has 0 amide bonds. The lowest BCUT2D eigenvalue weighted by molar-refractivity contribution is -0.120. The monoisotopic (exact) mass is 570 g/mol. The Labute approximate surface area is 202 Å². The number of alkyl halides is 1. The predicted octanol–water partition coefficient (Wildman–Crippen LogP) is 5.91. The van der Waals surface area contributed by atoms with Crippen molar-refractivity contribution in [3.8, 4) is 0 Å². The van der Waals surface area contributed by atoms with Crippen molar-refractivity contribution in [2.24, 2.45) is 0 Å². The number of rotatable bonds is 4. The van der Waals surface area contributed by atoms with Gasteiger partial charge in [-0.3, -0.25) is 0 Å². The van der Waals surface area contributed by atoms with Gasteiger partial charge >= 0.3 is 11.9 Å². The Bertz CT molecular complexity index is 934. The quantitative estimate of drug-likeness (QED) is 0.337. The van der Waals surface area contributed by atoms with Crippen LogP contribution in [-0.4, -0.2) is 41.7 Å². The van der Waals surface area contributed by atoms with Crippen LogP contribution in [0.15, 0.2) is 57.5 Å². The van der Waals surface area contributed by atoms with Crippen LogP contribution < -0.4 is 0 Å². The van der Waals surface area contributed by atoms with E-state index in [0.29, 0.717) is 30.4 Å². The van der Waals surface area contributed by atoms with Crippen molar-refractivity contribution in [1.29, 1.82) is 0 Å². The number of halogens is 3. The highest BCUT2D eigenvalue weighted by atomic mass is 79.9. The van der Waals surface area contributed by atoms with Crippen LogP contribution in [0.3, 0.4) is 0 Å². The van der Waals surface area contributed by atoms with Gasteiger partial charge in [0.15, 0.2) is 6.10 Å². The van der Waals surface area contributed by atoms with E-state index in [1.54, 1.807) is 48.5 Å². The fourth-order valence-corrected chi connectivity index (χ4v) is 4.80. The van der Waals surface area contributed by atoms with E-state index >= 15 is 0 Å². The predicted molar refractivity (Wildman–Crippen MR) is 123 cm³/mol. The van der Waals surface area contributed by atoms with Gasteiger partial charge in [-0.25, -0.2) is 9.59 Å². The fourth-order valence-electron chi connectivity index (χ4n) is 3.96. The molecule has 2 bridgehead atoms. The molecule has 164 valence electrons. The maximum absolute atomic E-state index is 12.8. The van der Waals surface area contributed by atoms with E-state index in [1.807, 2.05) is 0 Å². The Morgan fingerprint density at radius 1 is 0.774 bits per heavy atom. The van der Waals surface area contributed by atoms with E-state index in [0.717, 1.165) is 15.4 Å². The van der Waals surface area contributed by atoms with Gasteiger partial charge < -0.3 is 14.2 Å². The molecular weight excluding hydrogens is 552 g/mol. The molecule has 2 saturated heterocycles. The van der Waals surface area contributed by atoms with Crippen LogP contribution in [0.2, 0.25) is 0 Å². The van der Waals surface area contributed by atoms with Gasteiger partial charge in [0.25, 0.3) is 0 Å². The second-order valence-corrected chi connectivity index (χ2v) is 10.1. The molecule has 0 unspecified atom stereocenters. The van der Waals surface area contributed by atoms with Gasteiger partial charge in [0.1, 0.15) is 6.10 Å². The van der Waals surface area contributed by atoms with E-state index in [4.69, 9.17) is 25.8 Å². The van der Waals surface area contributed by atoms with E-state index in [2.05, 4.69) is 31.9 Å². The highest BCUT2D eigenvalue weighted by molar-refractivity contribution is 9.10. The molecule has 0 spiro atoms. The summed E-state index contributed by atoms with van der Waals surface area (Å²) in [5, 5.41) is -0.0972. The maximum atomic E-state index is 12.8. The van der Waals surface area contributed by atoms with Crippen molar-refractivity contribution >= 4 is 55.4 Å². The topological polar surface area (TPSA) is 61.8 Å². The summed E-state index contributed by atoms with van der Waals surface area (Å²) < 4.78 is 19.6. The minimum Gasteiger partial charge on any atom is -0.455 e. The van der Waals surface area contributed by atoms with E-state index in [-0.39, 0.29) is 17.6 Å². The molecule has 31 heavy (non-hydrogen) atoms. The standard InChI is InChI=1S/C23H21Br2ClO5/c24-15-5-1-13(2-6-15)22(27)30-20-12-11-18-17(26)9-10-19(29-18)21(20)31-23(28)14-3-7-16(25)8-4-14/h1-8,17-21H,9-12H2/t17-,18-,19-,20+,21+/m0/s1. The Morgan fingerprint density at radius 3 is 1.87 bits per heavy atom. The van der Waals surface area contributed by atoms with Crippen LogP contribution in [0.5, 0.6) is 0 Å². The minimum atomic E-state index is -0.704. The summed E-state index contributed by atoms with van der Waals surface area (Å²) in [6.07, 6.45) is 0.694. The molecular formula is C23H21Br2ClO5. The average molecular weight is 573 g/mol. The molecule has 2 aliphatic rings. The van der Waals surface area contributed by atoms with Gasteiger partial charge in [-0.2, -0.15) is 0 Å². The van der Waals surface area contributed by atoms with Crippen LogP contribution in [0, 0.1) is 0 Å². The Kier molecular flexibility index (Phi) is 7.37. The van der Waals surface area contributed by atoms with Crippen LogP contribution in [0.25, 0.3) is 0 Å². The molecule has 4 rings (SSSR count). The van der Waals surface area contributed by atoms with Gasteiger partial charge in [-0.15, -0.1) is 11.6 Å². The lowest BCUT2D eigenvalue weighted by Gasteiger charge is -2.35. The SMILES string of the molecule is O=C(O[C@@H]1[C@@H]2CC[C@H](Cl)[C@H](CC[C@H]1OC(=O)c1ccc(Br)cc1)O2)c1ccc(Br)cc1. The first-order chi connectivity index (χ1) is 14.9. The minimum absolute atomic E-state index is 0.0972. The van der Waals surface area contributed by atoms with Gasteiger partial charge in [0.2, 0.25) is 0 Å². The third-order valence-corrected chi connectivity index (χ3v) is 7.17. The average Bonchev–Trinajstić information content (AvgIpc) is 2.89. The number of carbonyl (C=O) groups excluding carboxylic acids is 2. The summed E-state index contributed by atoms with van der Waals surface area (Å²) in [5.41, 5.74) is 0.859. The van der Waals surface area contributed by atoms with E-state index in [9.17, 15) is 9.59 Å². The van der Waals surface area contributed by atoms with Crippen LogP contribution in [0.1, 0.15) is 46.4 Å². The van der Waals surface area contributed by atoms with Gasteiger partial charge in [-0.05, 0) is 74.2 Å². The number of hydrogen-bond donors (Lipinski definition) is 0. The van der Waals surface area contributed by atoms with E-state index < -0.39 is 24.1 Å². The van der Waals surface area contributed by atoms with Crippen LogP contribution in [-0.2, 0) is 14.2 Å². The summed E-state index contributed by atoms with van der Waals surface area (Å²) in [5.74, 6) is -0.932. The molecule has 2 aliphatic heterocycles. The molecule has 2 aromatic rings. The number of ether oxygens (including phenoxy) is 3. The number of fused-ring (bicyclic) bond motifs is 2. The first-order valence-corrected chi connectivity index (χ1v) is 12.2. The number of hydrogen-bond acceptors (Lipinski definition) is 5. The highest BCUT2D eigenvalue weighted by Crippen LogP contribution is 2.36. The van der Waals surface area contributed by atoms with Gasteiger partial charge in [0, 0.05) is 8.95 Å². The molecule has 8 heteroatoms. The van der Waals surface area contributed by atoms with Gasteiger partial charge in [0.05, 0.1) is 28.7 Å². The third-order valence-electron chi connectivity index (χ3n) is 5.61. The lowest BCUT2D eigenvalue weighted by atomic mass is 10.00. The largest absolute Gasteiger partial charge is 0.455 e. The van der Waals surface area contributed by atoms with E-state index in [1.165, 1.54) is 0 Å². The Hall–Kier alpha value is -1.41. The summed E-state index contributed by atoms with van der Waals surface area (Å²) >= 11 is 13.2. The molecule has 0 aromatic heterocycles. The highest BCUT2D eigenvalue weighted by Gasteiger charge is 2.45. The van der Waals surface area contributed by atoms with Gasteiger partial charge in [-0.1, -0.05) is 31.9 Å². The normalized spacial score (nSPS) is 27.8. The third kappa shape index (κ3) is 5.51. The summed E-state index contributed by atoms with van der Waals surface area (Å²) in [7, 11) is 0. The molecule has 0 aliphatic carbocycles. The zero-order chi connectivity index (χ0) is 22.0. The second-order valence-electron chi connectivity index (χ2n) is 7.71. The zero-order valence-corrected chi connectivity index (χ0v) is 20.4. The Balaban J connectivity index is 1.55. The van der Waals surface area contributed by atoms with Crippen molar-refractivity contribution in [1.82, 2.24) is 0 Å². The zero-order valence-electron chi connectivity index (χ0n) is 16.5. The van der Waals surface area contributed by atoms with Crippen molar-refractivity contribution in [3.05, 3.63) is 68.6 Å². The summed E-state index contributed by atoms with van der Waals surface area (Å²) in [6, 6.07) is 13.9. The first kappa shape index (κ1) is 22.8. The van der Waals surface area contributed by atoms with Crippen molar-refractivity contribution in [2.45, 2.75) is 55.5 Å². The fraction of sp³-hybridized carbons (Fsp3) is 0.391. The molecule has 0 saturated carbocycles. The van der Waals surface area contributed by atoms with Crippen LogP contribution in [0.4, 0.5) is 0 Å². The number of benzene rings is 2. The molecule has 2 heterocycles. The van der Waals surface area contributed by atoms with Crippen LogP contribution >= 0.6 is 43.5 Å².